The van der Waals surface area contributed by atoms with Crippen LogP contribution in [-0.2, 0) is 16.8 Å². The fourth-order valence-electron chi connectivity index (χ4n) is 6.43. The average molecular weight is 448 g/mol. The number of hydrogen-bond acceptors (Lipinski definition) is 4. The second-order valence-corrected chi connectivity index (χ2v) is 10.1. The predicted octanol–water partition coefficient (Wildman–Crippen LogP) is 4.96. The summed E-state index contributed by atoms with van der Waals surface area (Å²) in [6.07, 6.45) is 8.04. The molecular weight excluding hydrogens is 410 g/mol. The molecule has 1 aromatic heterocycles. The largest absolute Gasteiger partial charge is 0.390 e. The maximum Gasteiger partial charge on any atom is 0.107 e. The van der Waals surface area contributed by atoms with Crippen LogP contribution in [0.5, 0.6) is 0 Å². The molecule has 3 fully saturated rings. The Hall–Kier alpha value is -2.21. The normalized spacial score (nSPS) is 29.0. The van der Waals surface area contributed by atoms with E-state index < -0.39 is 5.60 Å². The Balaban J connectivity index is 1.07. The van der Waals surface area contributed by atoms with E-state index >= 15 is 0 Å². The van der Waals surface area contributed by atoms with E-state index in [1.165, 1.54) is 5.56 Å². The van der Waals surface area contributed by atoms with Crippen LogP contribution in [0.4, 0.5) is 0 Å². The highest BCUT2D eigenvalue weighted by molar-refractivity contribution is 5.74. The molecule has 0 radical (unpaired) electrons. The Kier molecular flexibility index (Phi) is 6.55. The van der Waals surface area contributed by atoms with Crippen LogP contribution < -0.4 is 5.32 Å². The summed E-state index contributed by atoms with van der Waals surface area (Å²) in [6, 6.07) is 18.8. The van der Waals surface area contributed by atoms with Gasteiger partial charge in [0.15, 0.2) is 0 Å². The molecule has 4 atom stereocenters. The SMILES string of the molecule is CO[C@]1(c2ccccc2)C[C@H]2CC[C@@H]1C[C@@]2(O)CCNCCCCc1nc2ccccc2[nH]1. The van der Waals surface area contributed by atoms with Crippen LogP contribution >= 0.6 is 0 Å². The lowest BCUT2D eigenvalue weighted by Crippen LogP contribution is -2.58. The van der Waals surface area contributed by atoms with E-state index in [4.69, 9.17) is 4.74 Å². The topological polar surface area (TPSA) is 70.2 Å². The van der Waals surface area contributed by atoms with Gasteiger partial charge in [0.1, 0.15) is 5.82 Å². The molecule has 2 bridgehead atoms. The van der Waals surface area contributed by atoms with Gasteiger partial charge in [-0.3, -0.25) is 0 Å². The van der Waals surface area contributed by atoms with Crippen molar-refractivity contribution in [1.82, 2.24) is 15.3 Å². The number of aliphatic hydroxyl groups is 1. The number of nitrogens with one attached hydrogen (secondary N) is 2. The average Bonchev–Trinajstić information content (AvgIpc) is 3.27. The molecule has 0 spiro atoms. The lowest BCUT2D eigenvalue weighted by Gasteiger charge is -2.58. The summed E-state index contributed by atoms with van der Waals surface area (Å²) in [4.78, 5) is 8.07. The van der Waals surface area contributed by atoms with Gasteiger partial charge >= 0.3 is 0 Å². The molecule has 0 aliphatic heterocycles. The van der Waals surface area contributed by atoms with Crippen molar-refractivity contribution in [3.05, 3.63) is 66.0 Å². The van der Waals surface area contributed by atoms with Crippen molar-refractivity contribution in [2.45, 2.75) is 62.6 Å². The number of nitrogens with zero attached hydrogens (tertiary/aromatic N) is 1. The van der Waals surface area contributed by atoms with E-state index in [1.807, 2.05) is 19.2 Å². The fourth-order valence-corrected chi connectivity index (χ4v) is 6.43. The number of aromatic amines is 1. The van der Waals surface area contributed by atoms with Gasteiger partial charge in [0.05, 0.1) is 22.2 Å². The zero-order valence-electron chi connectivity index (χ0n) is 19.7. The van der Waals surface area contributed by atoms with Crippen LogP contribution in [0.1, 0.15) is 56.3 Å². The number of benzene rings is 2. The van der Waals surface area contributed by atoms with E-state index in [-0.39, 0.29) is 5.60 Å². The molecule has 3 saturated carbocycles. The first-order valence-corrected chi connectivity index (χ1v) is 12.6. The minimum absolute atomic E-state index is 0.236. The van der Waals surface area contributed by atoms with Crippen LogP contribution in [-0.4, -0.2) is 40.9 Å². The molecule has 6 rings (SSSR count). The Labute approximate surface area is 197 Å². The van der Waals surface area contributed by atoms with Gasteiger partial charge in [0, 0.05) is 13.5 Å². The molecule has 0 amide bonds. The van der Waals surface area contributed by atoms with Crippen LogP contribution in [0, 0.1) is 11.8 Å². The molecular formula is C28H37N3O2. The Morgan fingerprint density at radius 2 is 1.79 bits per heavy atom. The lowest BCUT2D eigenvalue weighted by atomic mass is 9.53. The van der Waals surface area contributed by atoms with Crippen LogP contribution in [0.3, 0.4) is 0 Å². The third kappa shape index (κ3) is 4.46. The van der Waals surface area contributed by atoms with Crippen molar-refractivity contribution in [3.63, 3.8) is 0 Å². The minimum atomic E-state index is -0.568. The maximum atomic E-state index is 11.5. The highest BCUT2D eigenvalue weighted by Crippen LogP contribution is 2.58. The molecule has 0 saturated heterocycles. The number of rotatable bonds is 10. The van der Waals surface area contributed by atoms with E-state index in [2.05, 4.69) is 57.7 Å². The summed E-state index contributed by atoms with van der Waals surface area (Å²) in [6.45, 7) is 1.85. The fraction of sp³-hybridized carbons (Fsp3) is 0.536. The summed E-state index contributed by atoms with van der Waals surface area (Å²) in [5.74, 6) is 1.75. The number of ether oxygens (including phenoxy) is 1. The first-order valence-electron chi connectivity index (χ1n) is 12.6. The molecule has 5 nitrogen and oxygen atoms in total. The van der Waals surface area contributed by atoms with Gasteiger partial charge in [-0.05, 0) is 87.6 Å². The van der Waals surface area contributed by atoms with Crippen molar-refractivity contribution in [3.8, 4) is 0 Å². The molecule has 3 aliphatic carbocycles. The van der Waals surface area contributed by atoms with Crippen LogP contribution in [0.15, 0.2) is 54.6 Å². The van der Waals surface area contributed by atoms with Crippen LogP contribution in [0.2, 0.25) is 0 Å². The Morgan fingerprint density at radius 1 is 1.00 bits per heavy atom. The number of fused-ring (bicyclic) bond motifs is 4. The van der Waals surface area contributed by atoms with Gasteiger partial charge in [0.25, 0.3) is 0 Å². The zero-order chi connectivity index (χ0) is 22.7. The van der Waals surface area contributed by atoms with Crippen molar-refractivity contribution in [1.29, 1.82) is 0 Å². The number of unbranched alkanes of at least 4 members (excludes halogenated alkanes) is 1. The van der Waals surface area contributed by atoms with Gasteiger partial charge in [0.2, 0.25) is 0 Å². The second-order valence-electron chi connectivity index (χ2n) is 10.1. The first-order chi connectivity index (χ1) is 16.1. The van der Waals surface area contributed by atoms with Crippen molar-refractivity contribution >= 4 is 11.0 Å². The van der Waals surface area contributed by atoms with Crippen molar-refractivity contribution in [2.75, 3.05) is 20.2 Å². The highest BCUT2D eigenvalue weighted by atomic mass is 16.5. The lowest BCUT2D eigenvalue weighted by molar-refractivity contribution is -0.206. The summed E-state index contributed by atoms with van der Waals surface area (Å²) < 4.78 is 6.18. The number of imidazole rings is 1. The first kappa shape index (κ1) is 22.6. The van der Waals surface area contributed by atoms with Crippen LogP contribution in [0.25, 0.3) is 11.0 Å². The molecule has 1 heterocycles. The van der Waals surface area contributed by atoms with E-state index in [1.54, 1.807) is 0 Å². The number of H-pyrrole nitrogens is 1. The summed E-state index contributed by atoms with van der Waals surface area (Å²) in [5, 5.41) is 15.1. The van der Waals surface area contributed by atoms with E-state index in [0.29, 0.717) is 11.8 Å². The number of methoxy groups -OCH3 is 1. The van der Waals surface area contributed by atoms with Gasteiger partial charge in [-0.1, -0.05) is 42.5 Å². The molecule has 2 aromatic carbocycles. The van der Waals surface area contributed by atoms with E-state index in [0.717, 1.165) is 81.3 Å². The molecule has 176 valence electrons. The Bertz CT molecular complexity index is 1020. The number of aryl methyl sites for hydroxylation is 1. The third-order valence-electron chi connectivity index (χ3n) is 8.25. The van der Waals surface area contributed by atoms with Gasteiger partial charge in [-0.25, -0.2) is 4.98 Å². The molecule has 3 aliphatic rings. The summed E-state index contributed by atoms with van der Waals surface area (Å²) in [5.41, 5.74) is 2.63. The minimum Gasteiger partial charge on any atom is -0.390 e. The predicted molar refractivity (Wildman–Crippen MR) is 132 cm³/mol. The van der Waals surface area contributed by atoms with E-state index in [9.17, 15) is 5.11 Å². The molecule has 0 unspecified atom stereocenters. The summed E-state index contributed by atoms with van der Waals surface area (Å²) >= 11 is 0. The second kappa shape index (κ2) is 9.57. The number of para-hydroxylation sites is 2. The van der Waals surface area contributed by atoms with Crippen molar-refractivity contribution < 1.29 is 9.84 Å². The van der Waals surface area contributed by atoms with Gasteiger partial charge in [-0.2, -0.15) is 0 Å². The molecule has 33 heavy (non-hydrogen) atoms. The van der Waals surface area contributed by atoms with Gasteiger partial charge in [-0.15, -0.1) is 0 Å². The molecule has 5 heteroatoms. The quantitative estimate of drug-likeness (QED) is 0.384. The molecule has 3 aromatic rings. The van der Waals surface area contributed by atoms with Gasteiger partial charge < -0.3 is 20.1 Å². The maximum absolute atomic E-state index is 11.5. The molecule has 3 N–H and O–H groups in total. The third-order valence-corrected chi connectivity index (χ3v) is 8.25. The van der Waals surface area contributed by atoms with Crippen molar-refractivity contribution in [2.24, 2.45) is 11.8 Å². The summed E-state index contributed by atoms with van der Waals surface area (Å²) in [7, 11) is 1.85. The monoisotopic (exact) mass is 447 g/mol. The smallest absolute Gasteiger partial charge is 0.107 e. The standard InChI is InChI=1S/C28H37N3O2/c1-33-28(21-9-3-2-4-10-21)20-22-14-15-23(28)19-27(22,32)16-18-29-17-8-7-13-26-30-24-11-5-6-12-25(24)31-26/h2-6,9-12,22-23,29,32H,7-8,13-20H2,1H3,(H,30,31)/t22-,23-,27+,28+/m1/s1. The highest BCUT2D eigenvalue weighted by Gasteiger charge is 2.57. The Morgan fingerprint density at radius 3 is 2.55 bits per heavy atom. The zero-order valence-corrected chi connectivity index (χ0v) is 19.7. The number of aromatic nitrogens is 2. The number of hydrogen-bond donors (Lipinski definition) is 3.